The molecule has 0 fully saturated rings. The van der Waals surface area contributed by atoms with Crippen molar-refractivity contribution in [1.82, 2.24) is 4.98 Å². The van der Waals surface area contributed by atoms with Crippen molar-refractivity contribution in [2.45, 2.75) is 13.1 Å². The summed E-state index contributed by atoms with van der Waals surface area (Å²) in [6, 6.07) is 8.76. The van der Waals surface area contributed by atoms with Crippen molar-refractivity contribution >= 4 is 39.9 Å². The number of halogens is 4. The number of nitrogens with one attached hydrogen (secondary N) is 2. The first-order chi connectivity index (χ1) is 12.3. The molecule has 2 amide bonds. The van der Waals surface area contributed by atoms with Crippen LogP contribution in [0.25, 0.3) is 10.9 Å². The Kier molecular flexibility index (Phi) is 4.73. The Morgan fingerprint density at radius 3 is 2.46 bits per heavy atom. The number of pyridine rings is 1. The van der Waals surface area contributed by atoms with Crippen LogP contribution in [0.4, 0.5) is 29.3 Å². The summed E-state index contributed by atoms with van der Waals surface area (Å²) in [4.78, 5) is 16.4. The number of anilines is 2. The van der Waals surface area contributed by atoms with Crippen molar-refractivity contribution in [1.29, 1.82) is 0 Å². The van der Waals surface area contributed by atoms with Gasteiger partial charge in [0.2, 0.25) is 0 Å². The van der Waals surface area contributed by atoms with E-state index in [0.29, 0.717) is 16.2 Å². The fraction of sp³-hybridized carbons (Fsp3) is 0.111. The number of nitrogens with zero attached hydrogens (tertiary/aromatic N) is 1. The van der Waals surface area contributed by atoms with Gasteiger partial charge >= 0.3 is 12.2 Å². The first-order valence-electron chi connectivity index (χ1n) is 7.55. The second-order valence-corrected chi connectivity index (χ2v) is 5.99. The number of hydrogen-bond acceptors (Lipinski definition) is 2. The van der Waals surface area contributed by atoms with E-state index in [0.717, 1.165) is 23.1 Å². The van der Waals surface area contributed by atoms with Crippen molar-refractivity contribution in [3.8, 4) is 0 Å². The molecule has 2 aromatic carbocycles. The monoisotopic (exact) mass is 379 g/mol. The molecule has 0 aliphatic heterocycles. The number of benzene rings is 2. The number of aryl methyl sites for hydroxylation is 1. The zero-order valence-electron chi connectivity index (χ0n) is 13.5. The molecule has 3 aromatic rings. The Bertz CT molecular complexity index is 972. The van der Waals surface area contributed by atoms with Crippen molar-refractivity contribution in [2.24, 2.45) is 0 Å². The van der Waals surface area contributed by atoms with Crippen molar-refractivity contribution in [3.63, 3.8) is 0 Å². The van der Waals surface area contributed by atoms with Gasteiger partial charge in [-0.3, -0.25) is 4.98 Å². The zero-order valence-corrected chi connectivity index (χ0v) is 14.2. The average Bonchev–Trinajstić information content (AvgIpc) is 2.59. The van der Waals surface area contributed by atoms with Gasteiger partial charge < -0.3 is 10.6 Å². The molecule has 0 aliphatic rings. The summed E-state index contributed by atoms with van der Waals surface area (Å²) in [7, 11) is 0. The van der Waals surface area contributed by atoms with E-state index in [2.05, 4.69) is 15.6 Å². The minimum atomic E-state index is -4.42. The Balaban J connectivity index is 1.78. The van der Waals surface area contributed by atoms with Crippen LogP contribution in [-0.2, 0) is 6.18 Å². The number of alkyl halides is 3. The van der Waals surface area contributed by atoms with Crippen LogP contribution in [0.3, 0.4) is 0 Å². The predicted octanol–water partition coefficient (Wildman–Crippen LogP) is 5.86. The topological polar surface area (TPSA) is 54.0 Å². The molecule has 0 unspecified atom stereocenters. The van der Waals surface area contributed by atoms with Crippen molar-refractivity contribution in [2.75, 3.05) is 10.6 Å². The molecule has 0 atom stereocenters. The second-order valence-electron chi connectivity index (χ2n) is 5.58. The van der Waals surface area contributed by atoms with Gasteiger partial charge in [-0.1, -0.05) is 11.6 Å². The molecular weight excluding hydrogens is 367 g/mol. The maximum absolute atomic E-state index is 12.6. The van der Waals surface area contributed by atoms with Crippen molar-refractivity contribution in [3.05, 3.63) is 64.8 Å². The molecule has 4 nitrogen and oxygen atoms in total. The van der Waals surface area contributed by atoms with Gasteiger partial charge in [-0.15, -0.1) is 0 Å². The van der Waals surface area contributed by atoms with E-state index >= 15 is 0 Å². The van der Waals surface area contributed by atoms with Crippen LogP contribution in [-0.4, -0.2) is 11.0 Å². The minimum Gasteiger partial charge on any atom is -0.308 e. The summed E-state index contributed by atoms with van der Waals surface area (Å²) in [5.41, 5.74) is 1.30. The van der Waals surface area contributed by atoms with E-state index < -0.39 is 17.8 Å². The lowest BCUT2D eigenvalue weighted by Gasteiger charge is -2.13. The highest BCUT2D eigenvalue weighted by Crippen LogP contribution is 2.31. The van der Waals surface area contributed by atoms with Gasteiger partial charge in [0.05, 0.1) is 16.1 Å². The summed E-state index contributed by atoms with van der Waals surface area (Å²) in [5.74, 6) is 0. The number of urea groups is 1. The molecule has 26 heavy (non-hydrogen) atoms. The average molecular weight is 380 g/mol. The highest BCUT2D eigenvalue weighted by atomic mass is 35.5. The molecular formula is C18H13ClF3N3O. The molecule has 1 aromatic heterocycles. The van der Waals surface area contributed by atoms with Gasteiger partial charge in [0, 0.05) is 23.0 Å². The number of fused-ring (bicyclic) bond motifs is 1. The lowest BCUT2D eigenvalue weighted by molar-refractivity contribution is -0.137. The maximum atomic E-state index is 12.6. The van der Waals surface area contributed by atoms with Crippen LogP contribution in [0.2, 0.25) is 5.02 Å². The fourth-order valence-corrected chi connectivity index (χ4v) is 2.76. The van der Waals surface area contributed by atoms with E-state index in [4.69, 9.17) is 11.6 Å². The molecule has 0 saturated heterocycles. The van der Waals surface area contributed by atoms with E-state index in [1.54, 1.807) is 25.3 Å². The molecule has 2 N–H and O–H groups in total. The summed E-state index contributed by atoms with van der Waals surface area (Å²) in [6.07, 6.45) is -2.80. The molecule has 0 aliphatic carbocycles. The Morgan fingerprint density at radius 1 is 1.12 bits per heavy atom. The predicted molar refractivity (Wildman–Crippen MR) is 95.6 cm³/mol. The van der Waals surface area contributed by atoms with Crippen LogP contribution in [0.15, 0.2) is 48.7 Å². The van der Waals surface area contributed by atoms with Crippen LogP contribution >= 0.6 is 11.6 Å². The molecule has 0 bridgehead atoms. The fourth-order valence-electron chi connectivity index (χ4n) is 2.49. The number of amides is 2. The molecule has 1 heterocycles. The maximum Gasteiger partial charge on any atom is 0.416 e. The minimum absolute atomic E-state index is 0.234. The molecule has 0 radical (unpaired) electrons. The SMILES string of the molecule is Cc1c(NC(=O)Nc2ccc(C(F)(F)F)cc2)cc(Cl)c2cccnc12. The number of hydrogen-bond donors (Lipinski definition) is 2. The summed E-state index contributed by atoms with van der Waals surface area (Å²) in [6.45, 7) is 1.79. The molecule has 3 rings (SSSR count). The lowest BCUT2D eigenvalue weighted by Crippen LogP contribution is -2.20. The quantitative estimate of drug-likeness (QED) is 0.586. The highest BCUT2D eigenvalue weighted by Gasteiger charge is 2.30. The first kappa shape index (κ1) is 18.0. The largest absolute Gasteiger partial charge is 0.416 e. The zero-order chi connectivity index (χ0) is 18.9. The van der Waals surface area contributed by atoms with Gasteiger partial charge in [0.1, 0.15) is 0 Å². The van der Waals surface area contributed by atoms with E-state index in [1.165, 1.54) is 12.1 Å². The number of rotatable bonds is 2. The van der Waals surface area contributed by atoms with Gasteiger partial charge in [0.25, 0.3) is 0 Å². The smallest absolute Gasteiger partial charge is 0.308 e. The van der Waals surface area contributed by atoms with Gasteiger partial charge in [0.15, 0.2) is 0 Å². The Hall–Kier alpha value is -2.80. The third-order valence-corrected chi connectivity index (χ3v) is 4.13. The molecule has 134 valence electrons. The number of carbonyl (C=O) groups excluding carboxylic acids is 1. The van der Waals surface area contributed by atoms with Gasteiger partial charge in [-0.25, -0.2) is 4.79 Å². The van der Waals surface area contributed by atoms with Gasteiger partial charge in [-0.2, -0.15) is 13.2 Å². The van der Waals surface area contributed by atoms with E-state index in [-0.39, 0.29) is 5.69 Å². The molecule has 0 saturated carbocycles. The van der Waals surface area contributed by atoms with Crippen LogP contribution in [0, 0.1) is 6.92 Å². The van der Waals surface area contributed by atoms with E-state index in [9.17, 15) is 18.0 Å². The number of carbonyl (C=O) groups is 1. The highest BCUT2D eigenvalue weighted by molar-refractivity contribution is 6.36. The third kappa shape index (κ3) is 3.72. The third-order valence-electron chi connectivity index (χ3n) is 3.81. The first-order valence-corrected chi connectivity index (χ1v) is 7.92. The Morgan fingerprint density at radius 2 is 1.81 bits per heavy atom. The van der Waals surface area contributed by atoms with Crippen molar-refractivity contribution < 1.29 is 18.0 Å². The lowest BCUT2D eigenvalue weighted by atomic mass is 10.1. The Labute approximate surface area is 152 Å². The number of aromatic nitrogens is 1. The van der Waals surface area contributed by atoms with Crippen LogP contribution in [0.5, 0.6) is 0 Å². The van der Waals surface area contributed by atoms with E-state index in [1.807, 2.05) is 6.07 Å². The van der Waals surface area contributed by atoms with Crippen LogP contribution < -0.4 is 10.6 Å². The molecule has 8 heteroatoms. The summed E-state index contributed by atoms with van der Waals surface area (Å²) in [5, 5.41) is 6.32. The molecule has 0 spiro atoms. The standard InChI is InChI=1S/C18H13ClF3N3O/c1-10-15(9-14(19)13-3-2-8-23-16(10)13)25-17(26)24-12-6-4-11(5-7-12)18(20,21)22/h2-9H,1H3,(H2,24,25,26). The van der Waals surface area contributed by atoms with Gasteiger partial charge in [-0.05, 0) is 55.0 Å². The van der Waals surface area contributed by atoms with Crippen LogP contribution in [0.1, 0.15) is 11.1 Å². The second kappa shape index (κ2) is 6.84. The summed E-state index contributed by atoms with van der Waals surface area (Å²) >= 11 is 6.22. The summed E-state index contributed by atoms with van der Waals surface area (Å²) < 4.78 is 37.7. The normalized spacial score (nSPS) is 11.4.